The third-order valence-electron chi connectivity index (χ3n) is 3.75. The van der Waals surface area contributed by atoms with Gasteiger partial charge >= 0.3 is 5.97 Å². The lowest BCUT2D eigenvalue weighted by Gasteiger charge is -2.09. The van der Waals surface area contributed by atoms with E-state index in [2.05, 4.69) is 0 Å². The molecule has 0 saturated carbocycles. The number of rotatable bonds is 7. The van der Waals surface area contributed by atoms with Crippen LogP contribution in [0.4, 0.5) is 0 Å². The molecule has 0 saturated heterocycles. The molecule has 0 fully saturated rings. The molecule has 0 aliphatic rings. The topological polar surface area (TPSA) is 72.8 Å². The molecule has 0 bridgehead atoms. The molecule has 0 atom stereocenters. The molecular weight excluding hydrogens is 388 g/mol. The van der Waals surface area contributed by atoms with Crippen LogP contribution in [-0.4, -0.2) is 30.6 Å². The molecule has 0 aliphatic carbocycles. The number of carboxylic acids is 1. The van der Waals surface area contributed by atoms with Gasteiger partial charge in [0.25, 0.3) is 0 Å². The number of thiophene rings is 1. The Morgan fingerprint density at radius 3 is 2.67 bits per heavy atom. The molecule has 3 rings (SSSR count). The molecule has 7 heteroatoms. The summed E-state index contributed by atoms with van der Waals surface area (Å²) >= 11 is 7.89. The highest BCUT2D eigenvalue weighted by Gasteiger charge is 2.12. The summed E-state index contributed by atoms with van der Waals surface area (Å²) in [7, 11) is 1.42. The fourth-order valence-electron chi connectivity index (χ4n) is 2.47. The van der Waals surface area contributed by atoms with Crippen molar-refractivity contribution in [3.63, 3.8) is 0 Å². The van der Waals surface area contributed by atoms with Crippen LogP contribution in [0.25, 0.3) is 16.2 Å². The van der Waals surface area contributed by atoms with Gasteiger partial charge in [0, 0.05) is 20.5 Å². The Labute approximate surface area is 164 Å². The minimum atomic E-state index is -1.10. The second-order valence-corrected chi connectivity index (χ2v) is 6.98. The standard InChI is InChI=1S/C20H15ClO5S/c1-25-16-10-12(6-8-15(16)26-11-19(23)24)14(22)7-9-18-20(21)13-4-2-3-5-17(13)27-18/h2-10H,11H2,1H3,(H,23,24)/b9-7+. The molecular formula is C20H15ClO5S. The first-order valence-electron chi connectivity index (χ1n) is 7.91. The monoisotopic (exact) mass is 402 g/mol. The number of hydrogen-bond acceptors (Lipinski definition) is 5. The van der Waals surface area contributed by atoms with Gasteiger partial charge in [-0.2, -0.15) is 0 Å². The summed E-state index contributed by atoms with van der Waals surface area (Å²) in [4.78, 5) is 23.9. The second-order valence-electron chi connectivity index (χ2n) is 5.52. The first-order chi connectivity index (χ1) is 13.0. The van der Waals surface area contributed by atoms with Gasteiger partial charge in [-0.1, -0.05) is 29.8 Å². The zero-order valence-electron chi connectivity index (χ0n) is 14.3. The van der Waals surface area contributed by atoms with Gasteiger partial charge in [-0.05, 0) is 36.4 Å². The normalized spacial score (nSPS) is 11.0. The number of methoxy groups -OCH3 is 1. The highest BCUT2D eigenvalue weighted by molar-refractivity contribution is 7.20. The molecule has 1 heterocycles. The minimum absolute atomic E-state index is 0.230. The van der Waals surface area contributed by atoms with Crippen molar-refractivity contribution < 1.29 is 24.2 Å². The number of carbonyl (C=O) groups is 2. The highest BCUT2D eigenvalue weighted by atomic mass is 35.5. The van der Waals surface area contributed by atoms with Crippen molar-refractivity contribution in [3.8, 4) is 11.5 Å². The maximum Gasteiger partial charge on any atom is 0.341 e. The molecule has 0 unspecified atom stereocenters. The number of carbonyl (C=O) groups excluding carboxylic acids is 1. The Morgan fingerprint density at radius 1 is 1.19 bits per heavy atom. The van der Waals surface area contributed by atoms with E-state index in [4.69, 9.17) is 26.2 Å². The van der Waals surface area contributed by atoms with Gasteiger partial charge in [0.15, 0.2) is 23.9 Å². The van der Waals surface area contributed by atoms with E-state index in [1.165, 1.54) is 36.7 Å². The van der Waals surface area contributed by atoms with E-state index in [9.17, 15) is 9.59 Å². The van der Waals surface area contributed by atoms with Crippen LogP contribution in [-0.2, 0) is 4.79 Å². The first-order valence-corrected chi connectivity index (χ1v) is 9.11. The van der Waals surface area contributed by atoms with Gasteiger partial charge in [0.05, 0.1) is 12.1 Å². The summed E-state index contributed by atoms with van der Waals surface area (Å²) in [6.07, 6.45) is 3.14. The molecule has 0 spiro atoms. The zero-order valence-corrected chi connectivity index (χ0v) is 15.8. The maximum absolute atomic E-state index is 12.5. The van der Waals surface area contributed by atoms with E-state index in [1.807, 2.05) is 24.3 Å². The fraction of sp³-hybridized carbons (Fsp3) is 0.100. The van der Waals surface area contributed by atoms with E-state index in [0.717, 1.165) is 15.0 Å². The van der Waals surface area contributed by atoms with Gasteiger partial charge in [-0.15, -0.1) is 11.3 Å². The van der Waals surface area contributed by atoms with Crippen LogP contribution in [0.5, 0.6) is 11.5 Å². The second kappa shape index (κ2) is 8.24. The van der Waals surface area contributed by atoms with Gasteiger partial charge in [-0.3, -0.25) is 4.79 Å². The number of hydrogen-bond donors (Lipinski definition) is 1. The maximum atomic E-state index is 12.5. The van der Waals surface area contributed by atoms with E-state index in [1.54, 1.807) is 12.1 Å². The van der Waals surface area contributed by atoms with Crippen molar-refractivity contribution in [1.82, 2.24) is 0 Å². The lowest BCUT2D eigenvalue weighted by Crippen LogP contribution is -2.10. The summed E-state index contributed by atoms with van der Waals surface area (Å²) in [6, 6.07) is 12.3. The lowest BCUT2D eigenvalue weighted by atomic mass is 10.1. The molecule has 5 nitrogen and oxygen atoms in total. The summed E-state index contributed by atoms with van der Waals surface area (Å²) in [5, 5.41) is 10.3. The number of allylic oxidation sites excluding steroid dienone is 1. The van der Waals surface area contributed by atoms with Crippen LogP contribution in [0, 0.1) is 0 Å². The molecule has 2 aromatic carbocycles. The van der Waals surface area contributed by atoms with Crippen molar-refractivity contribution in [3.05, 3.63) is 64.0 Å². The van der Waals surface area contributed by atoms with Gasteiger partial charge in [0.1, 0.15) is 0 Å². The van der Waals surface area contributed by atoms with E-state index < -0.39 is 12.6 Å². The third kappa shape index (κ3) is 4.30. The zero-order chi connectivity index (χ0) is 19.4. The van der Waals surface area contributed by atoms with E-state index >= 15 is 0 Å². The third-order valence-corrected chi connectivity index (χ3v) is 5.40. The average Bonchev–Trinajstić information content (AvgIpc) is 3.00. The number of benzene rings is 2. The Balaban J connectivity index is 1.81. The van der Waals surface area contributed by atoms with Crippen LogP contribution in [0.15, 0.2) is 48.5 Å². The largest absolute Gasteiger partial charge is 0.493 e. The SMILES string of the molecule is COc1cc(C(=O)/C=C/c2sc3ccccc3c2Cl)ccc1OCC(=O)O. The molecule has 1 N–H and O–H groups in total. The van der Waals surface area contributed by atoms with Crippen molar-refractivity contribution in [1.29, 1.82) is 0 Å². The molecule has 1 aromatic heterocycles. The van der Waals surface area contributed by atoms with E-state index in [0.29, 0.717) is 10.6 Å². The van der Waals surface area contributed by atoms with Crippen molar-refractivity contribution in [2.24, 2.45) is 0 Å². The highest BCUT2D eigenvalue weighted by Crippen LogP contribution is 2.36. The molecule has 0 aliphatic heterocycles. The molecule has 27 heavy (non-hydrogen) atoms. The van der Waals surface area contributed by atoms with Gasteiger partial charge in [0.2, 0.25) is 0 Å². The fourth-order valence-corrected chi connectivity index (χ4v) is 3.87. The van der Waals surface area contributed by atoms with Crippen LogP contribution >= 0.6 is 22.9 Å². The lowest BCUT2D eigenvalue weighted by molar-refractivity contribution is -0.139. The van der Waals surface area contributed by atoms with Crippen LogP contribution in [0.2, 0.25) is 5.02 Å². The van der Waals surface area contributed by atoms with Crippen LogP contribution < -0.4 is 9.47 Å². The molecule has 138 valence electrons. The summed E-state index contributed by atoms with van der Waals surface area (Å²) in [5.41, 5.74) is 0.392. The predicted octanol–water partition coefficient (Wildman–Crippen LogP) is 4.92. The molecule has 3 aromatic rings. The number of fused-ring (bicyclic) bond motifs is 1. The Hall–Kier alpha value is -2.83. The van der Waals surface area contributed by atoms with Crippen LogP contribution in [0.1, 0.15) is 15.2 Å². The smallest absolute Gasteiger partial charge is 0.341 e. The molecule has 0 radical (unpaired) electrons. The molecule has 0 amide bonds. The van der Waals surface area contributed by atoms with E-state index in [-0.39, 0.29) is 17.3 Å². The quantitative estimate of drug-likeness (QED) is 0.448. The van der Waals surface area contributed by atoms with Crippen molar-refractivity contribution >= 4 is 50.9 Å². The summed E-state index contributed by atoms with van der Waals surface area (Å²) in [5.74, 6) is -0.782. The van der Waals surface area contributed by atoms with Crippen molar-refractivity contribution in [2.45, 2.75) is 0 Å². The number of aliphatic carboxylic acids is 1. The number of ketones is 1. The number of ether oxygens (including phenoxy) is 2. The van der Waals surface area contributed by atoms with Crippen LogP contribution in [0.3, 0.4) is 0 Å². The number of carboxylic acid groups (broad SMARTS) is 1. The Kier molecular flexibility index (Phi) is 5.78. The minimum Gasteiger partial charge on any atom is -0.493 e. The van der Waals surface area contributed by atoms with Crippen molar-refractivity contribution in [2.75, 3.05) is 13.7 Å². The first kappa shape index (κ1) is 18.9. The average molecular weight is 403 g/mol. The summed E-state index contributed by atoms with van der Waals surface area (Å²) < 4.78 is 11.4. The summed E-state index contributed by atoms with van der Waals surface area (Å²) in [6.45, 7) is -0.492. The Morgan fingerprint density at radius 2 is 1.96 bits per heavy atom. The predicted molar refractivity (Wildman–Crippen MR) is 106 cm³/mol. The Bertz CT molecular complexity index is 1040. The van der Waals surface area contributed by atoms with Gasteiger partial charge < -0.3 is 14.6 Å². The van der Waals surface area contributed by atoms with Gasteiger partial charge in [-0.25, -0.2) is 4.79 Å². The number of halogens is 1.